The van der Waals surface area contributed by atoms with Crippen molar-refractivity contribution in [1.29, 1.82) is 0 Å². The van der Waals surface area contributed by atoms with Crippen LogP contribution in [0.4, 0.5) is 5.69 Å². The highest BCUT2D eigenvalue weighted by Crippen LogP contribution is 2.38. The van der Waals surface area contributed by atoms with Gasteiger partial charge in [0.15, 0.2) is 11.6 Å². The van der Waals surface area contributed by atoms with Gasteiger partial charge >= 0.3 is 0 Å². The third kappa shape index (κ3) is 3.96. The first-order valence-electron chi connectivity index (χ1n) is 8.96. The minimum absolute atomic E-state index is 0.0313. The van der Waals surface area contributed by atoms with Crippen molar-refractivity contribution < 1.29 is 17.7 Å². The van der Waals surface area contributed by atoms with Crippen LogP contribution in [-0.4, -0.2) is 24.3 Å². The molecule has 1 saturated carbocycles. The Labute approximate surface area is 162 Å². The Morgan fingerprint density at radius 1 is 1.18 bits per heavy atom. The Bertz CT molecular complexity index is 1130. The van der Waals surface area contributed by atoms with Crippen molar-refractivity contribution in [2.75, 3.05) is 4.72 Å². The second-order valence-corrected chi connectivity index (χ2v) is 8.53. The molecule has 0 aliphatic heterocycles. The number of sulfonamides is 1. The monoisotopic (exact) mass is 397 g/mol. The SMILES string of the molecule is CC(=O)c1cccc(S(=O)(=O)Nc2ccccc2Cc2nc(C3CC3)no2)c1. The van der Waals surface area contributed by atoms with E-state index in [4.69, 9.17) is 4.52 Å². The molecule has 1 aliphatic carbocycles. The van der Waals surface area contributed by atoms with Crippen molar-refractivity contribution in [1.82, 2.24) is 10.1 Å². The molecule has 1 aliphatic rings. The molecule has 3 aromatic rings. The van der Waals surface area contributed by atoms with Gasteiger partial charge in [0, 0.05) is 11.5 Å². The van der Waals surface area contributed by atoms with Crippen LogP contribution in [0.15, 0.2) is 57.9 Å². The van der Waals surface area contributed by atoms with Crippen LogP contribution in [0.1, 0.15) is 53.3 Å². The second-order valence-electron chi connectivity index (χ2n) is 6.84. The van der Waals surface area contributed by atoms with Crippen LogP contribution in [-0.2, 0) is 16.4 Å². The van der Waals surface area contributed by atoms with Gasteiger partial charge in [-0.3, -0.25) is 9.52 Å². The minimum atomic E-state index is -3.85. The Morgan fingerprint density at radius 2 is 1.96 bits per heavy atom. The second kappa shape index (κ2) is 7.20. The van der Waals surface area contributed by atoms with Gasteiger partial charge in [-0.15, -0.1) is 0 Å². The van der Waals surface area contributed by atoms with Crippen LogP contribution >= 0.6 is 0 Å². The van der Waals surface area contributed by atoms with Crippen molar-refractivity contribution in [3.63, 3.8) is 0 Å². The third-order valence-electron chi connectivity index (χ3n) is 4.58. The average molecular weight is 397 g/mol. The van der Waals surface area contributed by atoms with Crippen LogP contribution in [0, 0.1) is 0 Å². The average Bonchev–Trinajstić information content (AvgIpc) is 3.42. The highest BCUT2D eigenvalue weighted by Gasteiger charge is 2.29. The normalized spacial score (nSPS) is 14.0. The molecular formula is C20H19N3O4S. The first kappa shape index (κ1) is 18.4. The van der Waals surface area contributed by atoms with Crippen LogP contribution < -0.4 is 4.72 Å². The molecule has 1 aromatic heterocycles. The molecule has 0 atom stereocenters. The quantitative estimate of drug-likeness (QED) is 0.612. The number of rotatable bonds is 7. The summed E-state index contributed by atoms with van der Waals surface area (Å²) in [4.78, 5) is 16.0. The molecule has 7 nitrogen and oxygen atoms in total. The summed E-state index contributed by atoms with van der Waals surface area (Å²) in [7, 11) is -3.85. The number of anilines is 1. The maximum atomic E-state index is 12.8. The number of nitrogens with zero attached hydrogens (tertiary/aromatic N) is 2. The zero-order chi connectivity index (χ0) is 19.7. The lowest BCUT2D eigenvalue weighted by molar-refractivity contribution is 0.101. The number of para-hydroxylation sites is 1. The number of ketones is 1. The van der Waals surface area contributed by atoms with E-state index in [0.29, 0.717) is 35.3 Å². The number of hydrogen-bond donors (Lipinski definition) is 1. The molecule has 1 heterocycles. The molecule has 0 amide bonds. The molecule has 0 bridgehead atoms. The summed E-state index contributed by atoms with van der Waals surface area (Å²) < 4.78 is 33.5. The van der Waals surface area contributed by atoms with Crippen LogP contribution in [0.25, 0.3) is 0 Å². The molecule has 1 fully saturated rings. The van der Waals surface area contributed by atoms with Gasteiger partial charge in [-0.1, -0.05) is 35.5 Å². The maximum Gasteiger partial charge on any atom is 0.261 e. The summed E-state index contributed by atoms with van der Waals surface area (Å²) in [6.07, 6.45) is 2.48. The fourth-order valence-electron chi connectivity index (χ4n) is 2.87. The van der Waals surface area contributed by atoms with Crippen molar-refractivity contribution in [2.45, 2.75) is 37.0 Å². The number of carbonyl (C=O) groups is 1. The van der Waals surface area contributed by atoms with Crippen LogP contribution in [0.2, 0.25) is 0 Å². The van der Waals surface area contributed by atoms with Crippen molar-refractivity contribution in [3.05, 3.63) is 71.4 Å². The smallest absolute Gasteiger partial charge is 0.261 e. The van der Waals surface area contributed by atoms with E-state index in [2.05, 4.69) is 14.9 Å². The van der Waals surface area contributed by atoms with Gasteiger partial charge in [-0.25, -0.2) is 8.42 Å². The van der Waals surface area contributed by atoms with Gasteiger partial charge in [0.2, 0.25) is 5.89 Å². The summed E-state index contributed by atoms with van der Waals surface area (Å²) in [5.74, 6) is 1.36. The van der Waals surface area contributed by atoms with Gasteiger partial charge < -0.3 is 4.52 Å². The number of hydrogen-bond acceptors (Lipinski definition) is 6. The largest absolute Gasteiger partial charge is 0.339 e. The van der Waals surface area contributed by atoms with E-state index in [1.165, 1.54) is 19.1 Å². The van der Waals surface area contributed by atoms with Gasteiger partial charge in [-0.2, -0.15) is 4.98 Å². The lowest BCUT2D eigenvalue weighted by Gasteiger charge is -2.12. The molecular weight excluding hydrogens is 378 g/mol. The standard InChI is InChI=1S/C20H19N3O4S/c1-13(24)15-6-4-7-17(11-15)28(25,26)23-18-8-3-2-5-16(18)12-19-21-20(22-27-19)14-9-10-14/h2-8,11,14,23H,9-10,12H2,1H3. The van der Waals surface area contributed by atoms with E-state index in [1.54, 1.807) is 24.3 Å². The number of benzene rings is 2. The van der Waals surface area contributed by atoms with E-state index in [1.807, 2.05) is 12.1 Å². The summed E-state index contributed by atoms with van der Waals surface area (Å²) in [5.41, 5.74) is 1.50. The van der Waals surface area contributed by atoms with Gasteiger partial charge in [-0.05, 0) is 43.5 Å². The molecule has 2 aromatic carbocycles. The van der Waals surface area contributed by atoms with E-state index in [0.717, 1.165) is 18.4 Å². The van der Waals surface area contributed by atoms with E-state index in [-0.39, 0.29) is 10.7 Å². The van der Waals surface area contributed by atoms with Crippen molar-refractivity contribution >= 4 is 21.5 Å². The zero-order valence-electron chi connectivity index (χ0n) is 15.3. The Kier molecular flexibility index (Phi) is 4.72. The third-order valence-corrected chi connectivity index (χ3v) is 5.94. The Hall–Kier alpha value is -3.00. The molecule has 144 valence electrons. The maximum absolute atomic E-state index is 12.8. The van der Waals surface area contributed by atoms with Gasteiger partial charge in [0.1, 0.15) is 0 Å². The molecule has 1 N–H and O–H groups in total. The van der Waals surface area contributed by atoms with Gasteiger partial charge in [0.25, 0.3) is 10.0 Å². The highest BCUT2D eigenvalue weighted by atomic mass is 32.2. The molecule has 0 saturated heterocycles. The summed E-state index contributed by atoms with van der Waals surface area (Å²) in [5, 5.41) is 4.00. The topological polar surface area (TPSA) is 102 Å². The van der Waals surface area contributed by atoms with Crippen molar-refractivity contribution in [3.8, 4) is 0 Å². The number of aromatic nitrogens is 2. The first-order valence-corrected chi connectivity index (χ1v) is 10.4. The summed E-state index contributed by atoms with van der Waals surface area (Å²) in [6, 6.07) is 13.0. The molecule has 0 radical (unpaired) electrons. The number of nitrogens with one attached hydrogen (secondary N) is 1. The fourth-order valence-corrected chi connectivity index (χ4v) is 4.02. The summed E-state index contributed by atoms with van der Waals surface area (Å²) >= 11 is 0. The number of carbonyl (C=O) groups excluding carboxylic acids is 1. The van der Waals surface area contributed by atoms with Gasteiger partial charge in [0.05, 0.1) is 17.0 Å². The summed E-state index contributed by atoms with van der Waals surface area (Å²) in [6.45, 7) is 1.40. The number of Topliss-reactive ketones (excluding diaryl/α,β-unsaturated/α-hetero) is 1. The Balaban J connectivity index is 1.59. The van der Waals surface area contributed by atoms with Crippen LogP contribution in [0.5, 0.6) is 0 Å². The molecule has 0 spiro atoms. The van der Waals surface area contributed by atoms with E-state index < -0.39 is 10.0 Å². The lowest BCUT2D eigenvalue weighted by Crippen LogP contribution is -2.15. The first-order chi connectivity index (χ1) is 13.4. The lowest BCUT2D eigenvalue weighted by atomic mass is 10.1. The van der Waals surface area contributed by atoms with Crippen molar-refractivity contribution in [2.24, 2.45) is 0 Å². The predicted molar refractivity (Wildman–Crippen MR) is 103 cm³/mol. The highest BCUT2D eigenvalue weighted by molar-refractivity contribution is 7.92. The zero-order valence-corrected chi connectivity index (χ0v) is 16.1. The molecule has 8 heteroatoms. The van der Waals surface area contributed by atoms with E-state index >= 15 is 0 Å². The van der Waals surface area contributed by atoms with Crippen LogP contribution in [0.3, 0.4) is 0 Å². The molecule has 0 unspecified atom stereocenters. The Morgan fingerprint density at radius 3 is 2.71 bits per heavy atom. The fraction of sp³-hybridized carbons (Fsp3) is 0.250. The molecule has 28 heavy (non-hydrogen) atoms. The van der Waals surface area contributed by atoms with E-state index in [9.17, 15) is 13.2 Å². The predicted octanol–water partition coefficient (Wildman–Crippen LogP) is 3.54. The molecule has 4 rings (SSSR count). The minimum Gasteiger partial charge on any atom is -0.339 e.